The largest absolute Gasteiger partial charge is 0.465 e. The third-order valence-electron chi connectivity index (χ3n) is 4.04. The molecule has 8 heteroatoms. The fourth-order valence-corrected chi connectivity index (χ4v) is 3.39. The molecule has 0 fully saturated rings. The molecule has 2 aromatic carbocycles. The van der Waals surface area contributed by atoms with Crippen molar-refractivity contribution in [2.45, 2.75) is 17.3 Å². The summed E-state index contributed by atoms with van der Waals surface area (Å²) in [6.45, 7) is 1.69. The van der Waals surface area contributed by atoms with Crippen molar-refractivity contribution < 1.29 is 14.3 Å². The number of nitrogens with zero attached hydrogens (tertiary/aromatic N) is 1. The average molecular weight is 409 g/mol. The summed E-state index contributed by atoms with van der Waals surface area (Å²) in [7, 11) is 1.28. The van der Waals surface area contributed by atoms with Crippen LogP contribution in [-0.4, -0.2) is 34.2 Å². The lowest BCUT2D eigenvalue weighted by Gasteiger charge is -2.14. The summed E-state index contributed by atoms with van der Waals surface area (Å²) in [6, 6.07) is 17.3. The molecule has 0 spiro atoms. The van der Waals surface area contributed by atoms with E-state index in [1.54, 1.807) is 31.2 Å². The molecule has 0 saturated carbocycles. The number of para-hydroxylation sites is 1. The second-order valence-corrected chi connectivity index (χ2v) is 7.42. The van der Waals surface area contributed by atoms with Gasteiger partial charge in [-0.2, -0.15) is 0 Å². The van der Waals surface area contributed by atoms with Crippen LogP contribution < -0.4 is 10.9 Å². The first-order valence-electron chi connectivity index (χ1n) is 8.79. The van der Waals surface area contributed by atoms with E-state index in [2.05, 4.69) is 15.3 Å². The molecule has 0 aliphatic heterocycles. The number of carbonyl (C=O) groups is 2. The molecule has 0 aliphatic rings. The predicted octanol–water partition coefficient (Wildman–Crippen LogP) is 3.34. The van der Waals surface area contributed by atoms with Crippen LogP contribution in [0.2, 0.25) is 0 Å². The Labute approximate surface area is 171 Å². The van der Waals surface area contributed by atoms with Gasteiger partial charge in [0.15, 0.2) is 5.16 Å². The normalized spacial score (nSPS) is 11.5. The predicted molar refractivity (Wildman–Crippen MR) is 112 cm³/mol. The van der Waals surface area contributed by atoms with E-state index in [0.717, 1.165) is 17.3 Å². The van der Waals surface area contributed by atoms with Gasteiger partial charge in [0, 0.05) is 11.6 Å². The number of amides is 1. The fraction of sp³-hybridized carbons (Fsp3) is 0.143. The molecule has 29 heavy (non-hydrogen) atoms. The van der Waals surface area contributed by atoms with Gasteiger partial charge in [-0.15, -0.1) is 0 Å². The molecule has 3 rings (SSSR count). The van der Waals surface area contributed by atoms with Gasteiger partial charge in [0.05, 0.1) is 29.3 Å². The molecule has 0 bridgehead atoms. The summed E-state index contributed by atoms with van der Waals surface area (Å²) >= 11 is 1.12. The number of rotatable bonds is 6. The number of nitrogens with one attached hydrogen (secondary N) is 2. The lowest BCUT2D eigenvalue weighted by molar-refractivity contribution is -0.115. The molecule has 1 unspecified atom stereocenters. The summed E-state index contributed by atoms with van der Waals surface area (Å²) in [5.41, 5.74) is 1.66. The first-order chi connectivity index (χ1) is 14.0. The lowest BCUT2D eigenvalue weighted by atomic mass is 10.1. The van der Waals surface area contributed by atoms with Gasteiger partial charge in [-0.1, -0.05) is 54.2 Å². The molecular weight excluding hydrogens is 390 g/mol. The molecule has 2 N–H and O–H groups in total. The van der Waals surface area contributed by atoms with Crippen LogP contribution in [0.25, 0.3) is 11.3 Å². The molecule has 1 amide bonds. The minimum atomic E-state index is -0.574. The smallest absolute Gasteiger partial charge is 0.339 e. The highest BCUT2D eigenvalue weighted by Gasteiger charge is 2.19. The van der Waals surface area contributed by atoms with Gasteiger partial charge in [0.25, 0.3) is 5.56 Å². The van der Waals surface area contributed by atoms with E-state index in [-0.39, 0.29) is 17.0 Å². The summed E-state index contributed by atoms with van der Waals surface area (Å²) < 4.78 is 4.74. The van der Waals surface area contributed by atoms with Crippen LogP contribution in [0.1, 0.15) is 17.3 Å². The molecule has 1 heterocycles. The summed E-state index contributed by atoms with van der Waals surface area (Å²) in [6.07, 6.45) is 0. The number of hydrogen-bond acceptors (Lipinski definition) is 6. The number of carbonyl (C=O) groups excluding carboxylic acids is 2. The quantitative estimate of drug-likeness (QED) is 0.368. The number of H-pyrrole nitrogens is 1. The molecular formula is C21H19N3O4S. The SMILES string of the molecule is COC(=O)c1ccccc1NC(=O)C(C)Sc1nc(-c2ccccc2)cc(=O)[nH]1. The summed E-state index contributed by atoms with van der Waals surface area (Å²) in [5, 5.41) is 2.49. The number of anilines is 1. The van der Waals surface area contributed by atoms with E-state index in [0.29, 0.717) is 16.5 Å². The maximum Gasteiger partial charge on any atom is 0.339 e. The van der Waals surface area contributed by atoms with Crippen molar-refractivity contribution in [1.82, 2.24) is 9.97 Å². The van der Waals surface area contributed by atoms with Crippen LogP contribution in [0.3, 0.4) is 0 Å². The molecule has 0 radical (unpaired) electrons. The van der Waals surface area contributed by atoms with Crippen LogP contribution in [0, 0.1) is 0 Å². The van der Waals surface area contributed by atoms with Gasteiger partial charge in [0.2, 0.25) is 5.91 Å². The van der Waals surface area contributed by atoms with Crippen molar-refractivity contribution >= 4 is 29.3 Å². The summed E-state index contributed by atoms with van der Waals surface area (Å²) in [4.78, 5) is 43.6. The first-order valence-corrected chi connectivity index (χ1v) is 9.67. The highest BCUT2D eigenvalue weighted by Crippen LogP contribution is 2.24. The second kappa shape index (κ2) is 9.20. The Morgan fingerprint density at radius 1 is 1.10 bits per heavy atom. The van der Waals surface area contributed by atoms with Gasteiger partial charge in [-0.05, 0) is 19.1 Å². The van der Waals surface area contributed by atoms with Crippen LogP contribution in [0.15, 0.2) is 70.6 Å². The van der Waals surface area contributed by atoms with Gasteiger partial charge in [0.1, 0.15) is 0 Å². The average Bonchev–Trinajstić information content (AvgIpc) is 2.73. The number of hydrogen-bond donors (Lipinski definition) is 2. The highest BCUT2D eigenvalue weighted by molar-refractivity contribution is 8.00. The Morgan fingerprint density at radius 2 is 1.79 bits per heavy atom. The molecule has 0 aliphatic carbocycles. The van der Waals surface area contributed by atoms with Crippen molar-refractivity contribution in [3.63, 3.8) is 0 Å². The Morgan fingerprint density at radius 3 is 2.52 bits per heavy atom. The Kier molecular flexibility index (Phi) is 6.46. The minimum Gasteiger partial charge on any atom is -0.465 e. The van der Waals surface area contributed by atoms with Crippen molar-refractivity contribution in [3.05, 3.63) is 76.6 Å². The zero-order chi connectivity index (χ0) is 20.8. The van der Waals surface area contributed by atoms with E-state index in [1.165, 1.54) is 13.2 Å². The van der Waals surface area contributed by atoms with Crippen LogP contribution in [0.4, 0.5) is 5.69 Å². The monoisotopic (exact) mass is 409 g/mol. The molecule has 1 atom stereocenters. The maximum atomic E-state index is 12.6. The van der Waals surface area contributed by atoms with Crippen LogP contribution in [0.5, 0.6) is 0 Å². The lowest BCUT2D eigenvalue weighted by Crippen LogP contribution is -2.24. The maximum absolute atomic E-state index is 12.6. The third-order valence-corrected chi connectivity index (χ3v) is 5.02. The Balaban J connectivity index is 1.76. The van der Waals surface area contributed by atoms with E-state index in [1.807, 2.05) is 30.3 Å². The van der Waals surface area contributed by atoms with E-state index >= 15 is 0 Å². The van der Waals surface area contributed by atoms with E-state index < -0.39 is 11.2 Å². The van der Waals surface area contributed by atoms with Crippen molar-refractivity contribution in [2.24, 2.45) is 0 Å². The number of thioether (sulfide) groups is 1. The second-order valence-electron chi connectivity index (χ2n) is 6.09. The zero-order valence-electron chi connectivity index (χ0n) is 15.8. The molecule has 1 aromatic heterocycles. The van der Waals surface area contributed by atoms with Gasteiger partial charge < -0.3 is 15.0 Å². The van der Waals surface area contributed by atoms with Crippen LogP contribution >= 0.6 is 11.8 Å². The topological polar surface area (TPSA) is 101 Å². The number of aromatic amines is 1. The van der Waals surface area contributed by atoms with E-state index in [9.17, 15) is 14.4 Å². The van der Waals surface area contributed by atoms with Gasteiger partial charge >= 0.3 is 5.97 Å². The van der Waals surface area contributed by atoms with Crippen molar-refractivity contribution in [3.8, 4) is 11.3 Å². The Bertz CT molecular complexity index is 1080. The third kappa shape index (κ3) is 5.11. The zero-order valence-corrected chi connectivity index (χ0v) is 16.7. The number of benzene rings is 2. The van der Waals surface area contributed by atoms with Gasteiger partial charge in [-0.25, -0.2) is 9.78 Å². The van der Waals surface area contributed by atoms with Crippen molar-refractivity contribution in [2.75, 3.05) is 12.4 Å². The fourth-order valence-electron chi connectivity index (χ4n) is 2.58. The number of ether oxygens (including phenoxy) is 1. The number of aromatic nitrogens is 2. The van der Waals surface area contributed by atoms with Crippen molar-refractivity contribution in [1.29, 1.82) is 0 Å². The minimum absolute atomic E-state index is 0.262. The van der Waals surface area contributed by atoms with E-state index in [4.69, 9.17) is 4.74 Å². The van der Waals surface area contributed by atoms with Gasteiger partial charge in [-0.3, -0.25) is 9.59 Å². The number of esters is 1. The molecule has 3 aromatic rings. The first kappa shape index (κ1) is 20.3. The number of methoxy groups -OCH3 is 1. The highest BCUT2D eigenvalue weighted by atomic mass is 32.2. The Hall–Kier alpha value is -3.39. The standard InChI is InChI=1S/C21H19N3O4S/c1-13(19(26)22-16-11-7-6-10-15(16)20(27)28-2)29-21-23-17(12-18(25)24-21)14-8-4-3-5-9-14/h3-13H,1-2H3,(H,22,26)(H,23,24,25). The molecule has 0 saturated heterocycles. The summed E-state index contributed by atoms with van der Waals surface area (Å²) in [5.74, 6) is -0.873. The van der Waals surface area contributed by atoms with Crippen LogP contribution in [-0.2, 0) is 9.53 Å². The molecule has 148 valence electrons. The molecule has 7 nitrogen and oxygen atoms in total.